The van der Waals surface area contributed by atoms with Gasteiger partial charge >= 0.3 is 0 Å². The molecule has 2 N–H and O–H groups in total. The first-order valence-corrected chi connectivity index (χ1v) is 5.35. The van der Waals surface area contributed by atoms with E-state index in [-0.39, 0.29) is 13.2 Å². The second-order valence-electron chi connectivity index (χ2n) is 3.39. The third-order valence-corrected chi connectivity index (χ3v) is 2.05. The number of aliphatic hydroxyl groups is 2. The van der Waals surface area contributed by atoms with E-state index in [0.717, 1.165) is 11.3 Å². The topological polar surface area (TPSA) is 58.9 Å². The van der Waals surface area contributed by atoms with Crippen molar-refractivity contribution in [2.75, 3.05) is 19.8 Å². The van der Waals surface area contributed by atoms with Crippen molar-refractivity contribution in [1.29, 1.82) is 0 Å². The molecule has 90 valence electrons. The molecule has 4 nitrogen and oxygen atoms in total. The van der Waals surface area contributed by atoms with Crippen LogP contribution in [0, 0.1) is 0 Å². The van der Waals surface area contributed by atoms with E-state index < -0.39 is 6.10 Å². The first-order valence-electron chi connectivity index (χ1n) is 5.35. The van der Waals surface area contributed by atoms with Crippen LogP contribution in [0.15, 0.2) is 24.3 Å². The van der Waals surface area contributed by atoms with E-state index in [9.17, 15) is 0 Å². The van der Waals surface area contributed by atoms with Crippen molar-refractivity contribution in [3.63, 3.8) is 0 Å². The summed E-state index contributed by atoms with van der Waals surface area (Å²) in [5.74, 6) is 0.795. The van der Waals surface area contributed by atoms with E-state index in [4.69, 9.17) is 19.7 Å². The number of hydrogen-bond acceptors (Lipinski definition) is 4. The molecule has 0 amide bonds. The molecule has 0 spiro atoms. The van der Waals surface area contributed by atoms with Crippen LogP contribution in [0.3, 0.4) is 0 Å². The summed E-state index contributed by atoms with van der Waals surface area (Å²) < 4.78 is 10.7. The molecule has 0 aliphatic carbocycles. The average molecular weight is 226 g/mol. The van der Waals surface area contributed by atoms with Crippen molar-refractivity contribution in [2.24, 2.45) is 0 Å². The highest BCUT2D eigenvalue weighted by atomic mass is 16.5. The zero-order chi connectivity index (χ0) is 11.8. The van der Waals surface area contributed by atoms with Gasteiger partial charge in [-0.3, -0.25) is 0 Å². The van der Waals surface area contributed by atoms with Crippen molar-refractivity contribution in [1.82, 2.24) is 0 Å². The maximum atomic E-state index is 9.10. The van der Waals surface area contributed by atoms with Gasteiger partial charge in [0.25, 0.3) is 0 Å². The number of rotatable bonds is 7. The van der Waals surface area contributed by atoms with Gasteiger partial charge in [0.05, 0.1) is 26.4 Å². The van der Waals surface area contributed by atoms with Gasteiger partial charge in [-0.05, 0) is 13.0 Å². The maximum Gasteiger partial charge on any atom is 0.124 e. The minimum Gasteiger partial charge on any atom is -0.494 e. The molecular formula is C12H18O4. The third kappa shape index (κ3) is 4.18. The van der Waals surface area contributed by atoms with Crippen LogP contribution >= 0.6 is 0 Å². The standard InChI is InChI=1S/C12H18O4/c1-2-16-12-6-4-3-5-10(12)8-15-9-11(14)7-13/h3-6,11,13-14H,2,7-9H2,1H3. The van der Waals surface area contributed by atoms with Gasteiger partial charge < -0.3 is 19.7 Å². The van der Waals surface area contributed by atoms with E-state index in [2.05, 4.69) is 0 Å². The lowest BCUT2D eigenvalue weighted by molar-refractivity contribution is -0.000479. The van der Waals surface area contributed by atoms with Gasteiger partial charge in [0.1, 0.15) is 11.9 Å². The Morgan fingerprint density at radius 2 is 2.06 bits per heavy atom. The van der Waals surface area contributed by atoms with Crippen molar-refractivity contribution in [3.05, 3.63) is 29.8 Å². The SMILES string of the molecule is CCOc1ccccc1COCC(O)CO. The number of para-hydroxylation sites is 1. The Hall–Kier alpha value is -1.10. The zero-order valence-electron chi connectivity index (χ0n) is 9.43. The summed E-state index contributed by atoms with van der Waals surface area (Å²) in [4.78, 5) is 0. The zero-order valence-corrected chi connectivity index (χ0v) is 9.43. The molecule has 16 heavy (non-hydrogen) atoms. The molecule has 0 saturated carbocycles. The van der Waals surface area contributed by atoms with E-state index >= 15 is 0 Å². The molecule has 4 heteroatoms. The van der Waals surface area contributed by atoms with E-state index in [1.54, 1.807) is 0 Å². The van der Waals surface area contributed by atoms with Gasteiger partial charge in [-0.25, -0.2) is 0 Å². The average Bonchev–Trinajstić information content (AvgIpc) is 2.31. The predicted octanol–water partition coefficient (Wildman–Crippen LogP) is 0.955. The first kappa shape index (κ1) is 13.0. The van der Waals surface area contributed by atoms with Gasteiger partial charge in [-0.15, -0.1) is 0 Å². The monoisotopic (exact) mass is 226 g/mol. The first-order chi connectivity index (χ1) is 7.77. The van der Waals surface area contributed by atoms with Crippen LogP contribution in [0.25, 0.3) is 0 Å². The molecule has 0 radical (unpaired) electrons. The number of hydrogen-bond donors (Lipinski definition) is 2. The largest absolute Gasteiger partial charge is 0.494 e. The molecule has 0 fully saturated rings. The highest BCUT2D eigenvalue weighted by molar-refractivity contribution is 5.32. The summed E-state index contributed by atoms with van der Waals surface area (Å²) in [5.41, 5.74) is 0.939. The fraction of sp³-hybridized carbons (Fsp3) is 0.500. The summed E-state index contributed by atoms with van der Waals surface area (Å²) in [6.07, 6.45) is -0.820. The van der Waals surface area contributed by atoms with E-state index in [1.807, 2.05) is 31.2 Å². The van der Waals surface area contributed by atoms with Crippen molar-refractivity contribution in [3.8, 4) is 5.75 Å². The molecule has 0 heterocycles. The Balaban J connectivity index is 2.46. The van der Waals surface area contributed by atoms with Crippen molar-refractivity contribution in [2.45, 2.75) is 19.6 Å². The number of benzene rings is 1. The minimum absolute atomic E-state index is 0.122. The molecular weight excluding hydrogens is 208 g/mol. The number of aliphatic hydroxyl groups excluding tert-OH is 2. The highest BCUT2D eigenvalue weighted by Crippen LogP contribution is 2.18. The van der Waals surface area contributed by atoms with Crippen molar-refractivity contribution >= 4 is 0 Å². The van der Waals surface area contributed by atoms with E-state index in [1.165, 1.54) is 0 Å². The Kier molecular flexibility index (Phi) is 5.85. The van der Waals surface area contributed by atoms with Crippen LogP contribution in [-0.4, -0.2) is 36.1 Å². The lowest BCUT2D eigenvalue weighted by atomic mass is 10.2. The highest BCUT2D eigenvalue weighted by Gasteiger charge is 2.05. The Morgan fingerprint density at radius 1 is 1.31 bits per heavy atom. The van der Waals surface area contributed by atoms with Crippen LogP contribution in [-0.2, 0) is 11.3 Å². The van der Waals surface area contributed by atoms with Crippen molar-refractivity contribution < 1.29 is 19.7 Å². The molecule has 0 saturated heterocycles. The summed E-state index contributed by atoms with van der Waals surface area (Å²) >= 11 is 0. The summed E-state index contributed by atoms with van der Waals surface area (Å²) in [7, 11) is 0. The molecule has 1 rings (SSSR count). The van der Waals surface area contributed by atoms with Gasteiger partial charge in [-0.1, -0.05) is 18.2 Å². The smallest absolute Gasteiger partial charge is 0.124 e. The Bertz CT molecular complexity index is 301. The van der Waals surface area contributed by atoms with Crippen LogP contribution < -0.4 is 4.74 Å². The van der Waals surface area contributed by atoms with E-state index in [0.29, 0.717) is 13.2 Å². The van der Waals surface area contributed by atoms with Crippen LogP contribution in [0.5, 0.6) is 5.75 Å². The predicted molar refractivity (Wildman–Crippen MR) is 60.4 cm³/mol. The molecule has 1 unspecified atom stereocenters. The summed E-state index contributed by atoms with van der Waals surface area (Å²) in [5, 5.41) is 17.7. The summed E-state index contributed by atoms with van der Waals surface area (Å²) in [6.45, 7) is 2.74. The van der Waals surface area contributed by atoms with Gasteiger partial charge in [0.2, 0.25) is 0 Å². The summed E-state index contributed by atoms with van der Waals surface area (Å²) in [6, 6.07) is 7.60. The lowest BCUT2D eigenvalue weighted by Gasteiger charge is -2.11. The van der Waals surface area contributed by atoms with Crippen LogP contribution in [0.1, 0.15) is 12.5 Å². The van der Waals surface area contributed by atoms with Gasteiger partial charge in [-0.2, -0.15) is 0 Å². The second kappa shape index (κ2) is 7.22. The quantitative estimate of drug-likeness (QED) is 0.727. The fourth-order valence-electron chi connectivity index (χ4n) is 1.28. The Labute approximate surface area is 95.4 Å². The minimum atomic E-state index is -0.820. The molecule has 0 aliphatic heterocycles. The van der Waals surface area contributed by atoms with Crippen LogP contribution in [0.2, 0.25) is 0 Å². The van der Waals surface area contributed by atoms with Crippen LogP contribution in [0.4, 0.5) is 0 Å². The molecule has 1 aromatic rings. The maximum absolute atomic E-state index is 9.10. The molecule has 0 bridgehead atoms. The number of ether oxygens (including phenoxy) is 2. The lowest BCUT2D eigenvalue weighted by Crippen LogP contribution is -2.19. The van der Waals surface area contributed by atoms with Gasteiger partial charge in [0.15, 0.2) is 0 Å². The molecule has 1 atom stereocenters. The third-order valence-electron chi connectivity index (χ3n) is 2.05. The second-order valence-corrected chi connectivity index (χ2v) is 3.39. The van der Waals surface area contributed by atoms with Gasteiger partial charge in [0, 0.05) is 5.56 Å². The normalized spacial score (nSPS) is 12.4. The molecule has 0 aromatic heterocycles. The Morgan fingerprint density at radius 3 is 2.75 bits per heavy atom. The molecule has 0 aliphatic rings. The fourth-order valence-corrected chi connectivity index (χ4v) is 1.28. The molecule has 1 aromatic carbocycles.